The average molecular weight is 495 g/mol. The van der Waals surface area contributed by atoms with Crippen molar-refractivity contribution in [1.29, 1.82) is 0 Å². The monoisotopic (exact) mass is 494 g/mol. The fourth-order valence-corrected chi connectivity index (χ4v) is 3.71. The molecule has 0 aromatic heterocycles. The average Bonchev–Trinajstić information content (AvgIpc) is 3.03. The predicted octanol–water partition coefficient (Wildman–Crippen LogP) is 4.34. The van der Waals surface area contributed by atoms with Crippen molar-refractivity contribution in [2.75, 3.05) is 13.2 Å². The maximum absolute atomic E-state index is 13.0. The minimum atomic E-state index is -1.10. The van der Waals surface area contributed by atoms with Gasteiger partial charge in [0.25, 0.3) is 5.91 Å². The van der Waals surface area contributed by atoms with E-state index in [-0.39, 0.29) is 17.5 Å². The molecule has 0 atom stereocenters. The van der Waals surface area contributed by atoms with Crippen LogP contribution in [0.2, 0.25) is 0 Å². The number of amides is 1. The van der Waals surface area contributed by atoms with E-state index >= 15 is 0 Å². The lowest BCUT2D eigenvalue weighted by Gasteiger charge is -2.13. The summed E-state index contributed by atoms with van der Waals surface area (Å²) in [6.07, 6.45) is 1.65. The van der Waals surface area contributed by atoms with Gasteiger partial charge in [-0.1, -0.05) is 15.9 Å². The molecular formula is C20H16BrFN2O5S. The molecule has 1 amide bonds. The fourth-order valence-electron chi connectivity index (χ4n) is 2.44. The zero-order chi connectivity index (χ0) is 21.7. The molecule has 1 saturated heterocycles. The summed E-state index contributed by atoms with van der Waals surface area (Å²) in [7, 11) is 0. The zero-order valence-electron chi connectivity index (χ0n) is 15.6. The number of hydrogen-bond acceptors (Lipinski definition) is 6. The van der Waals surface area contributed by atoms with Crippen molar-refractivity contribution >= 4 is 56.5 Å². The Bertz CT molecular complexity index is 1040. The first-order valence-electron chi connectivity index (χ1n) is 8.71. The Morgan fingerprint density at radius 3 is 2.63 bits per heavy atom. The second-order valence-corrected chi connectivity index (χ2v) is 7.78. The van der Waals surface area contributed by atoms with Crippen LogP contribution in [0.15, 0.2) is 50.8 Å². The molecule has 0 saturated carbocycles. The molecule has 3 rings (SSSR count). The Labute approximate surface area is 184 Å². The van der Waals surface area contributed by atoms with Crippen molar-refractivity contribution in [1.82, 2.24) is 5.32 Å². The van der Waals surface area contributed by atoms with Crippen LogP contribution in [-0.4, -0.2) is 35.4 Å². The van der Waals surface area contributed by atoms with E-state index < -0.39 is 12.6 Å². The molecule has 2 N–H and O–H groups in total. The molecule has 0 bridgehead atoms. The first-order chi connectivity index (χ1) is 14.4. The van der Waals surface area contributed by atoms with Crippen molar-refractivity contribution in [3.63, 3.8) is 0 Å². The largest absolute Gasteiger partial charge is 0.490 e. The molecule has 1 fully saturated rings. The lowest BCUT2D eigenvalue weighted by molar-refractivity contribution is -0.139. The van der Waals surface area contributed by atoms with Gasteiger partial charge in [-0.3, -0.25) is 4.79 Å². The summed E-state index contributed by atoms with van der Waals surface area (Å²) in [6.45, 7) is 1.64. The van der Waals surface area contributed by atoms with Crippen LogP contribution >= 0.6 is 27.7 Å². The molecule has 0 unspecified atom stereocenters. The maximum Gasteiger partial charge on any atom is 0.341 e. The Morgan fingerprint density at radius 1 is 1.27 bits per heavy atom. The number of carboxylic acids is 1. The fraction of sp³-hybridized carbons (Fsp3) is 0.150. The van der Waals surface area contributed by atoms with E-state index in [9.17, 15) is 14.0 Å². The number of aliphatic imine (C=N–C) groups is 1. The molecule has 1 aliphatic heterocycles. The van der Waals surface area contributed by atoms with E-state index in [2.05, 4.69) is 26.2 Å². The highest BCUT2D eigenvalue weighted by Crippen LogP contribution is 2.37. The van der Waals surface area contributed by atoms with Gasteiger partial charge in [-0.05, 0) is 66.7 Å². The van der Waals surface area contributed by atoms with E-state index in [1.807, 2.05) is 0 Å². The highest BCUT2D eigenvalue weighted by Gasteiger charge is 2.24. The standard InChI is InChI=1S/C20H16BrFN2O5S/c1-2-28-15-7-11(14(21)9-16(15)29-10-18(25)26)8-17-19(27)24-20(30-17)23-13-5-3-12(22)4-6-13/h3-9H,2,10H2,1H3,(H,25,26)(H,23,24,27)/b17-8+. The van der Waals surface area contributed by atoms with Crippen molar-refractivity contribution < 1.29 is 28.6 Å². The van der Waals surface area contributed by atoms with Crippen LogP contribution in [0.25, 0.3) is 6.08 Å². The number of hydrogen-bond donors (Lipinski definition) is 2. The zero-order valence-corrected chi connectivity index (χ0v) is 18.0. The van der Waals surface area contributed by atoms with Gasteiger partial charge in [0.05, 0.1) is 17.2 Å². The number of carbonyl (C=O) groups is 2. The highest BCUT2D eigenvalue weighted by atomic mass is 79.9. The number of halogens is 2. The Morgan fingerprint density at radius 2 is 1.97 bits per heavy atom. The molecule has 0 radical (unpaired) electrons. The normalized spacial score (nSPS) is 16.0. The van der Waals surface area contributed by atoms with E-state index in [4.69, 9.17) is 14.6 Å². The molecule has 2 aromatic rings. The van der Waals surface area contributed by atoms with Gasteiger partial charge in [-0.15, -0.1) is 0 Å². The van der Waals surface area contributed by atoms with Gasteiger partial charge in [0.1, 0.15) is 5.82 Å². The number of nitrogens with zero attached hydrogens (tertiary/aromatic N) is 1. The van der Waals surface area contributed by atoms with E-state index in [0.29, 0.717) is 38.2 Å². The summed E-state index contributed by atoms with van der Waals surface area (Å²) in [4.78, 5) is 27.8. The Kier molecular flexibility index (Phi) is 7.11. The first kappa shape index (κ1) is 21.8. The van der Waals surface area contributed by atoms with Crippen molar-refractivity contribution in [3.8, 4) is 11.5 Å². The van der Waals surface area contributed by atoms with Crippen LogP contribution in [0.3, 0.4) is 0 Å². The highest BCUT2D eigenvalue weighted by molar-refractivity contribution is 9.10. The van der Waals surface area contributed by atoms with Gasteiger partial charge in [-0.25, -0.2) is 14.2 Å². The summed E-state index contributed by atoms with van der Waals surface area (Å²) >= 11 is 4.55. The predicted molar refractivity (Wildman–Crippen MR) is 116 cm³/mol. The van der Waals surface area contributed by atoms with Crippen LogP contribution in [0.1, 0.15) is 12.5 Å². The van der Waals surface area contributed by atoms with Gasteiger partial charge in [0, 0.05) is 4.47 Å². The van der Waals surface area contributed by atoms with Crippen LogP contribution in [0.5, 0.6) is 11.5 Å². The first-order valence-corrected chi connectivity index (χ1v) is 10.3. The van der Waals surface area contributed by atoms with Gasteiger partial charge >= 0.3 is 5.97 Å². The summed E-state index contributed by atoms with van der Waals surface area (Å²) in [5, 5.41) is 11.9. The molecule has 2 aromatic carbocycles. The molecular weight excluding hydrogens is 479 g/mol. The second kappa shape index (κ2) is 9.77. The van der Waals surface area contributed by atoms with Crippen molar-refractivity contribution in [2.45, 2.75) is 6.92 Å². The van der Waals surface area contributed by atoms with Gasteiger partial charge in [0.2, 0.25) is 0 Å². The summed E-state index contributed by atoms with van der Waals surface area (Å²) in [5.74, 6) is -1.16. The number of ether oxygens (including phenoxy) is 2. The quantitative estimate of drug-likeness (QED) is 0.555. The Hall–Kier alpha value is -2.85. The number of amidine groups is 1. The lowest BCUT2D eigenvalue weighted by atomic mass is 10.2. The summed E-state index contributed by atoms with van der Waals surface area (Å²) < 4.78 is 24.4. The van der Waals surface area contributed by atoms with Gasteiger partial charge < -0.3 is 19.9 Å². The van der Waals surface area contributed by atoms with Crippen LogP contribution in [0, 0.1) is 5.82 Å². The number of aliphatic carboxylic acids is 1. The number of rotatable bonds is 7. The molecule has 30 heavy (non-hydrogen) atoms. The molecule has 0 spiro atoms. The van der Waals surface area contributed by atoms with E-state index in [0.717, 1.165) is 11.8 Å². The maximum atomic E-state index is 13.0. The molecule has 156 valence electrons. The minimum absolute atomic E-state index is 0.273. The third-order valence-electron chi connectivity index (χ3n) is 3.71. The lowest BCUT2D eigenvalue weighted by Crippen LogP contribution is -2.19. The number of nitrogens with one attached hydrogen (secondary N) is 1. The number of carboxylic acid groups (broad SMARTS) is 1. The minimum Gasteiger partial charge on any atom is -0.490 e. The van der Waals surface area contributed by atoms with Crippen molar-refractivity contribution in [2.24, 2.45) is 4.99 Å². The van der Waals surface area contributed by atoms with Crippen LogP contribution in [-0.2, 0) is 9.59 Å². The van der Waals surface area contributed by atoms with Crippen LogP contribution in [0.4, 0.5) is 10.1 Å². The summed E-state index contributed by atoms with van der Waals surface area (Å²) in [6, 6.07) is 8.84. The molecule has 10 heteroatoms. The second-order valence-electron chi connectivity index (χ2n) is 5.89. The topological polar surface area (TPSA) is 97.2 Å². The molecule has 7 nitrogen and oxygen atoms in total. The number of benzene rings is 2. The molecule has 1 aliphatic rings. The van der Waals surface area contributed by atoms with E-state index in [1.54, 1.807) is 25.1 Å². The van der Waals surface area contributed by atoms with Crippen molar-refractivity contribution in [3.05, 3.63) is 57.2 Å². The molecule has 1 heterocycles. The number of carbonyl (C=O) groups excluding carboxylic acids is 1. The SMILES string of the molecule is CCOc1cc(/C=C2/SC(=Nc3ccc(F)cc3)NC2=O)c(Br)cc1OCC(=O)O. The van der Waals surface area contributed by atoms with Gasteiger partial charge in [-0.2, -0.15) is 0 Å². The summed E-state index contributed by atoms with van der Waals surface area (Å²) in [5.41, 5.74) is 1.15. The Balaban J connectivity index is 1.86. The third kappa shape index (κ3) is 5.61. The van der Waals surface area contributed by atoms with E-state index in [1.165, 1.54) is 24.3 Å². The smallest absolute Gasteiger partial charge is 0.341 e. The van der Waals surface area contributed by atoms with Gasteiger partial charge in [0.15, 0.2) is 23.3 Å². The number of thioether (sulfide) groups is 1. The third-order valence-corrected chi connectivity index (χ3v) is 5.31. The molecule has 0 aliphatic carbocycles. The van der Waals surface area contributed by atoms with Crippen LogP contribution < -0.4 is 14.8 Å².